The van der Waals surface area contributed by atoms with Gasteiger partial charge in [0.1, 0.15) is 0 Å². The highest BCUT2D eigenvalue weighted by atomic mass is 16.5. The van der Waals surface area contributed by atoms with Gasteiger partial charge in [0.05, 0.1) is 21.3 Å². The van der Waals surface area contributed by atoms with Crippen molar-refractivity contribution in [3.8, 4) is 17.2 Å². The van der Waals surface area contributed by atoms with Crippen LogP contribution in [0.1, 0.15) is 44.1 Å². The van der Waals surface area contributed by atoms with E-state index in [0.29, 0.717) is 5.75 Å². The SMILES string of the molecule is COc1cc(CN2CCN(C3CCCCCC3)CC2)cc(OC)c1OC.O=C(O)C(=O)O. The molecule has 9 heteroatoms. The summed E-state index contributed by atoms with van der Waals surface area (Å²) in [5.41, 5.74) is 1.21. The molecule has 3 rings (SSSR count). The second-order valence-corrected chi connectivity index (χ2v) is 8.10. The standard InChI is InChI=1S/C21H34N2O3.C2H2O4/c1-24-19-14-17(15-20(25-2)21(19)26-3)16-22-10-12-23(13-11-22)18-8-6-4-5-7-9-18;3-1(4)2(5)6/h14-15,18H,4-13,16H2,1-3H3;(H,3,4)(H,5,6). The van der Waals surface area contributed by atoms with Gasteiger partial charge in [-0.1, -0.05) is 25.7 Å². The van der Waals surface area contributed by atoms with Gasteiger partial charge < -0.3 is 24.4 Å². The van der Waals surface area contributed by atoms with Gasteiger partial charge in [0.2, 0.25) is 5.75 Å². The van der Waals surface area contributed by atoms with Crippen LogP contribution >= 0.6 is 0 Å². The second-order valence-electron chi connectivity index (χ2n) is 8.10. The Bertz CT molecular complexity index is 703. The fourth-order valence-electron chi connectivity index (χ4n) is 4.39. The molecule has 0 bridgehead atoms. The second kappa shape index (κ2) is 13.1. The van der Waals surface area contributed by atoms with Crippen LogP contribution in [0.5, 0.6) is 17.2 Å². The lowest BCUT2D eigenvalue weighted by atomic mass is 10.1. The topological polar surface area (TPSA) is 109 Å². The molecule has 0 atom stereocenters. The Balaban J connectivity index is 0.000000534. The first-order chi connectivity index (χ1) is 15.4. The van der Waals surface area contributed by atoms with Crippen LogP contribution in [0, 0.1) is 0 Å². The van der Waals surface area contributed by atoms with Gasteiger partial charge in [-0.2, -0.15) is 0 Å². The minimum Gasteiger partial charge on any atom is -0.493 e. The maximum atomic E-state index is 9.10. The molecule has 1 aromatic carbocycles. The van der Waals surface area contributed by atoms with Crippen LogP contribution in [0.25, 0.3) is 0 Å². The van der Waals surface area contributed by atoms with Crippen molar-refractivity contribution < 1.29 is 34.0 Å². The van der Waals surface area contributed by atoms with E-state index < -0.39 is 11.9 Å². The van der Waals surface area contributed by atoms with Crippen molar-refractivity contribution in [2.24, 2.45) is 0 Å². The fourth-order valence-corrected chi connectivity index (χ4v) is 4.39. The van der Waals surface area contributed by atoms with Gasteiger partial charge in [-0.3, -0.25) is 9.80 Å². The molecule has 1 aromatic rings. The molecule has 2 N–H and O–H groups in total. The molecule has 1 aliphatic heterocycles. The van der Waals surface area contributed by atoms with Crippen LogP contribution < -0.4 is 14.2 Å². The molecule has 0 aromatic heterocycles. The molecule has 1 saturated carbocycles. The molecule has 9 nitrogen and oxygen atoms in total. The van der Waals surface area contributed by atoms with Crippen molar-refractivity contribution in [2.45, 2.75) is 51.1 Å². The summed E-state index contributed by atoms with van der Waals surface area (Å²) < 4.78 is 16.4. The maximum absolute atomic E-state index is 9.10. The van der Waals surface area contributed by atoms with Gasteiger partial charge in [-0.15, -0.1) is 0 Å². The van der Waals surface area contributed by atoms with E-state index in [0.717, 1.165) is 37.2 Å². The van der Waals surface area contributed by atoms with Crippen LogP contribution in [-0.4, -0.2) is 85.5 Å². The first-order valence-electron chi connectivity index (χ1n) is 11.1. The number of benzene rings is 1. The van der Waals surface area contributed by atoms with E-state index in [4.69, 9.17) is 34.0 Å². The molecule has 2 fully saturated rings. The van der Waals surface area contributed by atoms with Crippen molar-refractivity contribution in [1.82, 2.24) is 9.80 Å². The summed E-state index contributed by atoms with van der Waals surface area (Å²) >= 11 is 0. The largest absolute Gasteiger partial charge is 0.493 e. The van der Waals surface area contributed by atoms with E-state index in [9.17, 15) is 0 Å². The number of rotatable bonds is 6. The van der Waals surface area contributed by atoms with Crippen molar-refractivity contribution >= 4 is 11.9 Å². The van der Waals surface area contributed by atoms with E-state index in [2.05, 4.69) is 21.9 Å². The predicted molar refractivity (Wildman–Crippen MR) is 120 cm³/mol. The van der Waals surface area contributed by atoms with Gasteiger partial charge in [0.25, 0.3) is 0 Å². The van der Waals surface area contributed by atoms with E-state index in [1.54, 1.807) is 21.3 Å². The molecule has 180 valence electrons. The number of carbonyl (C=O) groups is 2. The average molecular weight is 453 g/mol. The fraction of sp³-hybridized carbons (Fsp3) is 0.652. The third-order valence-electron chi connectivity index (χ3n) is 6.06. The van der Waals surface area contributed by atoms with E-state index in [-0.39, 0.29) is 0 Å². The van der Waals surface area contributed by atoms with Crippen LogP contribution in [0.15, 0.2) is 12.1 Å². The van der Waals surface area contributed by atoms with Crippen molar-refractivity contribution in [2.75, 3.05) is 47.5 Å². The first kappa shape index (κ1) is 25.7. The summed E-state index contributed by atoms with van der Waals surface area (Å²) in [6.45, 7) is 5.57. The van der Waals surface area contributed by atoms with Gasteiger partial charge in [0.15, 0.2) is 11.5 Å². The predicted octanol–water partition coefficient (Wildman–Crippen LogP) is 2.71. The molecule has 0 radical (unpaired) electrons. The number of carboxylic acid groups (broad SMARTS) is 2. The Hall–Kier alpha value is -2.52. The molecule has 1 heterocycles. The Morgan fingerprint density at radius 1 is 0.844 bits per heavy atom. The minimum atomic E-state index is -1.82. The number of hydrogen-bond acceptors (Lipinski definition) is 7. The lowest BCUT2D eigenvalue weighted by Gasteiger charge is -2.39. The monoisotopic (exact) mass is 452 g/mol. The summed E-state index contributed by atoms with van der Waals surface area (Å²) in [5, 5.41) is 14.8. The normalized spacial score (nSPS) is 18.1. The number of carboxylic acids is 2. The number of nitrogens with zero attached hydrogens (tertiary/aromatic N) is 2. The lowest BCUT2D eigenvalue weighted by Crippen LogP contribution is -2.49. The highest BCUT2D eigenvalue weighted by Crippen LogP contribution is 2.38. The van der Waals surface area contributed by atoms with Gasteiger partial charge in [-0.25, -0.2) is 9.59 Å². The Kier molecular flexibility index (Phi) is 10.6. The van der Waals surface area contributed by atoms with Gasteiger partial charge in [-0.05, 0) is 30.5 Å². The zero-order valence-corrected chi connectivity index (χ0v) is 19.3. The number of piperazine rings is 1. The van der Waals surface area contributed by atoms with Crippen molar-refractivity contribution in [1.29, 1.82) is 0 Å². The molecule has 1 saturated heterocycles. The Morgan fingerprint density at radius 2 is 1.34 bits per heavy atom. The van der Waals surface area contributed by atoms with E-state index in [1.807, 2.05) is 0 Å². The highest BCUT2D eigenvalue weighted by Gasteiger charge is 2.25. The third kappa shape index (κ3) is 7.56. The molecular formula is C23H36N2O7. The van der Waals surface area contributed by atoms with Crippen molar-refractivity contribution in [3.63, 3.8) is 0 Å². The molecular weight excluding hydrogens is 416 g/mol. The highest BCUT2D eigenvalue weighted by molar-refractivity contribution is 6.27. The third-order valence-corrected chi connectivity index (χ3v) is 6.06. The molecule has 0 spiro atoms. The summed E-state index contributed by atoms with van der Waals surface area (Å²) in [6.07, 6.45) is 8.47. The summed E-state index contributed by atoms with van der Waals surface area (Å²) in [5.74, 6) is -1.51. The maximum Gasteiger partial charge on any atom is 0.414 e. The van der Waals surface area contributed by atoms with Gasteiger partial charge >= 0.3 is 11.9 Å². The summed E-state index contributed by atoms with van der Waals surface area (Å²) in [7, 11) is 4.99. The molecule has 32 heavy (non-hydrogen) atoms. The smallest absolute Gasteiger partial charge is 0.414 e. The van der Waals surface area contributed by atoms with Crippen LogP contribution in [0.2, 0.25) is 0 Å². The zero-order chi connectivity index (χ0) is 23.5. The van der Waals surface area contributed by atoms with E-state index in [1.165, 1.54) is 57.2 Å². The quantitative estimate of drug-likeness (QED) is 0.497. The Labute approximate surface area is 189 Å². The molecule has 0 unspecified atom stereocenters. The summed E-state index contributed by atoms with van der Waals surface area (Å²) in [6, 6.07) is 4.96. The average Bonchev–Trinajstić information content (AvgIpc) is 3.09. The lowest BCUT2D eigenvalue weighted by molar-refractivity contribution is -0.159. The van der Waals surface area contributed by atoms with Crippen molar-refractivity contribution in [3.05, 3.63) is 17.7 Å². The van der Waals surface area contributed by atoms with Gasteiger partial charge in [0, 0.05) is 38.8 Å². The van der Waals surface area contributed by atoms with Crippen LogP contribution in [-0.2, 0) is 16.1 Å². The zero-order valence-electron chi connectivity index (χ0n) is 19.3. The molecule has 0 amide bonds. The number of ether oxygens (including phenoxy) is 3. The minimum absolute atomic E-state index is 0.664. The molecule has 1 aliphatic carbocycles. The van der Waals surface area contributed by atoms with E-state index >= 15 is 0 Å². The first-order valence-corrected chi connectivity index (χ1v) is 11.1. The Morgan fingerprint density at radius 3 is 1.75 bits per heavy atom. The van der Waals surface area contributed by atoms with Crippen LogP contribution in [0.3, 0.4) is 0 Å². The molecule has 2 aliphatic rings. The van der Waals surface area contributed by atoms with Crippen LogP contribution in [0.4, 0.5) is 0 Å². The summed E-state index contributed by atoms with van der Waals surface area (Å²) in [4.78, 5) is 23.5. The number of methoxy groups -OCH3 is 3. The number of hydrogen-bond donors (Lipinski definition) is 2. The number of aliphatic carboxylic acids is 2.